The van der Waals surface area contributed by atoms with Gasteiger partial charge in [0.1, 0.15) is 0 Å². The van der Waals surface area contributed by atoms with Gasteiger partial charge < -0.3 is 20.3 Å². The van der Waals surface area contributed by atoms with Crippen LogP contribution in [0.25, 0.3) is 10.9 Å². The summed E-state index contributed by atoms with van der Waals surface area (Å²) < 4.78 is 3.16. The molecule has 6 heteroatoms. The number of aromatic nitrogens is 1. The lowest BCUT2D eigenvalue weighted by atomic mass is 9.82. The number of benzene rings is 1. The van der Waals surface area contributed by atoms with E-state index in [2.05, 4.69) is 49.5 Å². The number of carbonyl (C=O) groups excluding carboxylic acids is 1. The molecule has 3 rings (SSSR count). The Kier molecular flexibility index (Phi) is 6.61. The number of hydrogen-bond acceptors (Lipinski definition) is 3. The normalized spacial score (nSPS) is 18.2. The first kappa shape index (κ1) is 20.4. The van der Waals surface area contributed by atoms with Crippen LogP contribution in [0.5, 0.6) is 0 Å². The molecule has 148 valence electrons. The zero-order chi connectivity index (χ0) is 19.4. The molecule has 5 nitrogen and oxygen atoms in total. The SMILES string of the molecule is CNCC(O)Cn1cc(C2(NC(C)=O)CCCCCC2)c2c(Br)cccc21. The fourth-order valence-electron chi connectivity index (χ4n) is 4.48. The lowest BCUT2D eigenvalue weighted by Gasteiger charge is -2.34. The van der Waals surface area contributed by atoms with Crippen molar-refractivity contribution < 1.29 is 9.90 Å². The third-order valence-corrected chi connectivity index (χ3v) is 6.25. The Balaban J connectivity index is 2.14. The van der Waals surface area contributed by atoms with E-state index in [0.29, 0.717) is 13.1 Å². The molecule has 0 bridgehead atoms. The first-order valence-corrected chi connectivity index (χ1v) is 10.7. The highest BCUT2D eigenvalue weighted by atomic mass is 79.9. The van der Waals surface area contributed by atoms with Crippen LogP contribution in [0.15, 0.2) is 28.9 Å². The van der Waals surface area contributed by atoms with Gasteiger partial charge in [-0.15, -0.1) is 0 Å². The highest BCUT2D eigenvalue weighted by Crippen LogP contribution is 2.42. The first-order valence-electron chi connectivity index (χ1n) is 9.86. The van der Waals surface area contributed by atoms with Gasteiger partial charge in [-0.25, -0.2) is 0 Å². The number of halogens is 1. The second kappa shape index (κ2) is 8.76. The lowest BCUT2D eigenvalue weighted by molar-refractivity contribution is -0.121. The number of rotatable bonds is 6. The molecule has 1 aliphatic carbocycles. The standard InChI is InChI=1S/C21H30BrN3O2/c1-15(26)24-21(10-5-3-4-6-11-21)17-14-25(13-16(27)12-23-2)19-9-7-8-18(22)20(17)19/h7-9,14,16,23,27H,3-6,10-13H2,1-2H3,(H,24,26). The third-order valence-electron chi connectivity index (χ3n) is 5.59. The number of aliphatic hydroxyl groups excluding tert-OH is 1. The van der Waals surface area contributed by atoms with E-state index in [-0.39, 0.29) is 11.4 Å². The van der Waals surface area contributed by atoms with Crippen molar-refractivity contribution in [3.63, 3.8) is 0 Å². The third kappa shape index (κ3) is 4.39. The van der Waals surface area contributed by atoms with Gasteiger partial charge >= 0.3 is 0 Å². The highest BCUT2D eigenvalue weighted by molar-refractivity contribution is 9.10. The van der Waals surface area contributed by atoms with E-state index >= 15 is 0 Å². The maximum absolute atomic E-state index is 12.1. The van der Waals surface area contributed by atoms with E-state index in [1.807, 2.05) is 13.1 Å². The van der Waals surface area contributed by atoms with Crippen LogP contribution in [0.4, 0.5) is 0 Å². The molecule has 1 atom stereocenters. The summed E-state index contributed by atoms with van der Waals surface area (Å²) >= 11 is 3.73. The summed E-state index contributed by atoms with van der Waals surface area (Å²) in [6, 6.07) is 6.17. The van der Waals surface area contributed by atoms with Crippen molar-refractivity contribution >= 4 is 32.7 Å². The smallest absolute Gasteiger partial charge is 0.217 e. The summed E-state index contributed by atoms with van der Waals surface area (Å²) in [5.41, 5.74) is 1.91. The molecule has 0 radical (unpaired) electrons. The Bertz CT molecular complexity index is 794. The lowest BCUT2D eigenvalue weighted by Crippen LogP contribution is -2.44. The molecular formula is C21H30BrN3O2. The first-order chi connectivity index (χ1) is 13.0. The van der Waals surface area contributed by atoms with Crippen LogP contribution in [0.2, 0.25) is 0 Å². The van der Waals surface area contributed by atoms with Crippen LogP contribution in [-0.2, 0) is 16.9 Å². The number of nitrogens with one attached hydrogen (secondary N) is 2. The summed E-state index contributed by atoms with van der Waals surface area (Å²) in [7, 11) is 1.84. The van der Waals surface area contributed by atoms with Crippen LogP contribution < -0.4 is 10.6 Å². The van der Waals surface area contributed by atoms with Crippen molar-refractivity contribution in [2.45, 2.75) is 63.6 Å². The summed E-state index contributed by atoms with van der Waals surface area (Å²) in [5.74, 6) is 0.0140. The molecule has 3 N–H and O–H groups in total. The van der Waals surface area contributed by atoms with Gasteiger partial charge in [0.25, 0.3) is 0 Å². The fraction of sp³-hybridized carbons (Fsp3) is 0.571. The van der Waals surface area contributed by atoms with Crippen molar-refractivity contribution in [3.05, 3.63) is 34.4 Å². The molecule has 1 aliphatic rings. The largest absolute Gasteiger partial charge is 0.390 e. The minimum atomic E-state index is -0.469. The highest BCUT2D eigenvalue weighted by Gasteiger charge is 2.37. The van der Waals surface area contributed by atoms with Crippen molar-refractivity contribution in [2.75, 3.05) is 13.6 Å². The minimum Gasteiger partial charge on any atom is -0.390 e. The second-order valence-corrected chi connectivity index (χ2v) is 8.57. The van der Waals surface area contributed by atoms with Crippen molar-refractivity contribution in [2.24, 2.45) is 0 Å². The van der Waals surface area contributed by atoms with Gasteiger partial charge in [0.05, 0.1) is 11.6 Å². The predicted octanol–water partition coefficient (Wildman–Crippen LogP) is 3.67. The van der Waals surface area contributed by atoms with Crippen molar-refractivity contribution in [3.8, 4) is 0 Å². The topological polar surface area (TPSA) is 66.3 Å². The van der Waals surface area contributed by atoms with Crippen LogP contribution >= 0.6 is 15.9 Å². The fourth-order valence-corrected chi connectivity index (χ4v) is 5.05. The number of aliphatic hydroxyl groups is 1. The molecule has 1 heterocycles. The molecule has 1 unspecified atom stereocenters. The molecule has 0 saturated heterocycles. The molecule has 0 spiro atoms. The van der Waals surface area contributed by atoms with Crippen LogP contribution in [0, 0.1) is 0 Å². The van der Waals surface area contributed by atoms with Gasteiger partial charge in [-0.05, 0) is 32.0 Å². The summed E-state index contributed by atoms with van der Waals surface area (Å²) in [6.45, 7) is 2.67. The van der Waals surface area contributed by atoms with Crippen molar-refractivity contribution in [1.82, 2.24) is 15.2 Å². The van der Waals surface area contributed by atoms with Gasteiger partial charge in [0.15, 0.2) is 0 Å². The van der Waals surface area contributed by atoms with Crippen molar-refractivity contribution in [1.29, 1.82) is 0 Å². The van der Waals surface area contributed by atoms with E-state index in [1.54, 1.807) is 6.92 Å². The van der Waals surface area contributed by atoms with Gasteiger partial charge in [0, 0.05) is 47.1 Å². The van der Waals surface area contributed by atoms with E-state index in [0.717, 1.165) is 41.1 Å². The van der Waals surface area contributed by atoms with Crippen LogP contribution in [0.3, 0.4) is 0 Å². The van der Waals surface area contributed by atoms with E-state index in [4.69, 9.17) is 0 Å². The molecule has 1 aromatic carbocycles. The van der Waals surface area contributed by atoms with Crippen LogP contribution in [0.1, 0.15) is 51.0 Å². The number of likely N-dealkylation sites (N-methyl/N-ethyl adjacent to an activating group) is 1. The summed E-state index contributed by atoms with van der Waals surface area (Å²) in [4.78, 5) is 12.1. The molecule has 2 aromatic rings. The Morgan fingerprint density at radius 3 is 2.63 bits per heavy atom. The van der Waals surface area contributed by atoms with Gasteiger partial charge in [-0.2, -0.15) is 0 Å². The Labute approximate surface area is 169 Å². The maximum atomic E-state index is 12.1. The Morgan fingerprint density at radius 1 is 1.30 bits per heavy atom. The molecule has 1 aromatic heterocycles. The number of nitrogens with zero attached hydrogens (tertiary/aromatic N) is 1. The Morgan fingerprint density at radius 2 is 2.00 bits per heavy atom. The molecule has 1 amide bonds. The van der Waals surface area contributed by atoms with E-state index in [1.165, 1.54) is 18.4 Å². The van der Waals surface area contributed by atoms with Gasteiger partial charge in [-0.1, -0.05) is 47.7 Å². The average Bonchev–Trinajstić information content (AvgIpc) is 2.82. The van der Waals surface area contributed by atoms with E-state index < -0.39 is 6.10 Å². The Hall–Kier alpha value is -1.37. The summed E-state index contributed by atoms with van der Waals surface area (Å²) in [5, 5.41) is 17.8. The number of carbonyl (C=O) groups is 1. The predicted molar refractivity (Wildman–Crippen MR) is 113 cm³/mol. The monoisotopic (exact) mass is 435 g/mol. The molecular weight excluding hydrogens is 406 g/mol. The number of fused-ring (bicyclic) bond motifs is 1. The zero-order valence-electron chi connectivity index (χ0n) is 16.2. The molecule has 1 saturated carbocycles. The van der Waals surface area contributed by atoms with Crippen LogP contribution in [-0.4, -0.2) is 35.3 Å². The molecule has 1 fully saturated rings. The second-order valence-electron chi connectivity index (χ2n) is 7.72. The number of hydrogen-bond donors (Lipinski definition) is 3. The van der Waals surface area contributed by atoms with E-state index in [9.17, 15) is 9.90 Å². The quantitative estimate of drug-likeness (QED) is 0.606. The molecule has 0 aliphatic heterocycles. The maximum Gasteiger partial charge on any atom is 0.217 e. The molecule has 27 heavy (non-hydrogen) atoms. The average molecular weight is 436 g/mol. The van der Waals surface area contributed by atoms with Gasteiger partial charge in [0.2, 0.25) is 5.91 Å². The minimum absolute atomic E-state index is 0.0140. The summed E-state index contributed by atoms with van der Waals surface area (Å²) in [6.07, 6.45) is 8.22. The zero-order valence-corrected chi connectivity index (χ0v) is 17.8. The van der Waals surface area contributed by atoms with Gasteiger partial charge in [-0.3, -0.25) is 4.79 Å². The number of amides is 1.